The molecule has 3 rings (SSSR count). The largest absolute Gasteiger partial charge is 0.497 e. The third-order valence-corrected chi connectivity index (χ3v) is 5.13. The molecule has 1 saturated heterocycles. The summed E-state index contributed by atoms with van der Waals surface area (Å²) in [6.45, 7) is 1.53. The Kier molecular flexibility index (Phi) is 6.81. The van der Waals surface area contributed by atoms with Crippen LogP contribution in [0, 0.1) is 0 Å². The number of nitrogens with zero attached hydrogens (tertiary/aromatic N) is 1. The highest BCUT2D eigenvalue weighted by atomic mass is 16.5. The molecule has 3 N–H and O–H groups in total. The number of ether oxygens (including phenoxy) is 1. The van der Waals surface area contributed by atoms with Crippen LogP contribution in [0.5, 0.6) is 5.75 Å². The maximum absolute atomic E-state index is 11.1. The number of nitrogens with one attached hydrogen (secondary N) is 1. The minimum Gasteiger partial charge on any atom is -0.497 e. The van der Waals surface area contributed by atoms with E-state index in [1.165, 1.54) is 11.6 Å². The fourth-order valence-electron chi connectivity index (χ4n) is 3.61. The van der Waals surface area contributed by atoms with E-state index in [4.69, 9.17) is 9.94 Å². The minimum absolute atomic E-state index is 0.270. The smallest absolute Gasteiger partial charge is 0.267 e. The SMILES string of the molecule is COc1ccc(C(O)CN2CCCC2c2ccc(C=CC(=O)NO)cc2)cc1. The molecule has 0 saturated carbocycles. The summed E-state index contributed by atoms with van der Waals surface area (Å²) in [6.07, 6.45) is 4.53. The number of aliphatic hydroxyl groups is 1. The van der Waals surface area contributed by atoms with E-state index < -0.39 is 12.0 Å². The number of carbonyl (C=O) groups is 1. The molecule has 1 aliphatic rings. The molecule has 2 aromatic carbocycles. The van der Waals surface area contributed by atoms with E-state index in [2.05, 4.69) is 17.0 Å². The molecule has 2 unspecified atom stereocenters. The van der Waals surface area contributed by atoms with E-state index in [9.17, 15) is 9.90 Å². The van der Waals surface area contributed by atoms with E-state index in [0.717, 1.165) is 36.3 Å². The van der Waals surface area contributed by atoms with Gasteiger partial charge in [0, 0.05) is 18.7 Å². The lowest BCUT2D eigenvalue weighted by atomic mass is 10.0. The Hall–Kier alpha value is -2.67. The van der Waals surface area contributed by atoms with Crippen LogP contribution in [0.2, 0.25) is 0 Å². The molecule has 0 spiro atoms. The Morgan fingerprint density at radius 1 is 1.25 bits per heavy atom. The number of β-amino-alcohol motifs (C(OH)–C–C–N with tert-alkyl or cyclic N) is 1. The molecular formula is C22H26N2O4. The number of hydrogen-bond acceptors (Lipinski definition) is 5. The van der Waals surface area contributed by atoms with Crippen molar-refractivity contribution in [2.45, 2.75) is 25.0 Å². The monoisotopic (exact) mass is 382 g/mol. The highest BCUT2D eigenvalue weighted by Gasteiger charge is 2.27. The number of aliphatic hydroxyl groups excluding tert-OH is 1. The second-order valence-corrected chi connectivity index (χ2v) is 6.92. The van der Waals surface area contributed by atoms with E-state index in [-0.39, 0.29) is 6.04 Å². The molecular weight excluding hydrogens is 356 g/mol. The van der Waals surface area contributed by atoms with Crippen LogP contribution in [-0.4, -0.2) is 41.3 Å². The van der Waals surface area contributed by atoms with Crippen molar-refractivity contribution in [2.24, 2.45) is 0 Å². The molecule has 1 amide bonds. The van der Waals surface area contributed by atoms with Gasteiger partial charge in [0.25, 0.3) is 5.91 Å². The fraction of sp³-hybridized carbons (Fsp3) is 0.318. The van der Waals surface area contributed by atoms with Crippen LogP contribution < -0.4 is 10.2 Å². The molecule has 148 valence electrons. The van der Waals surface area contributed by atoms with Crippen LogP contribution in [0.4, 0.5) is 0 Å². The molecule has 1 fully saturated rings. The van der Waals surface area contributed by atoms with Gasteiger partial charge in [0.2, 0.25) is 0 Å². The number of carbonyl (C=O) groups excluding carboxylic acids is 1. The first kappa shape index (κ1) is 20.1. The zero-order valence-corrected chi connectivity index (χ0v) is 15.9. The predicted molar refractivity (Wildman–Crippen MR) is 107 cm³/mol. The van der Waals surface area contributed by atoms with Gasteiger partial charge in [-0.05, 0) is 54.3 Å². The van der Waals surface area contributed by atoms with Crippen LogP contribution in [0.3, 0.4) is 0 Å². The van der Waals surface area contributed by atoms with Crippen LogP contribution in [0.1, 0.15) is 41.7 Å². The van der Waals surface area contributed by atoms with Crippen LogP contribution >= 0.6 is 0 Å². The zero-order chi connectivity index (χ0) is 19.9. The number of methoxy groups -OCH3 is 1. The van der Waals surface area contributed by atoms with Crippen molar-refractivity contribution in [2.75, 3.05) is 20.2 Å². The van der Waals surface area contributed by atoms with E-state index >= 15 is 0 Å². The van der Waals surface area contributed by atoms with Crippen LogP contribution in [0.25, 0.3) is 6.08 Å². The third-order valence-electron chi connectivity index (χ3n) is 5.13. The summed E-state index contributed by atoms with van der Waals surface area (Å²) < 4.78 is 5.17. The van der Waals surface area contributed by atoms with Gasteiger partial charge in [0.05, 0.1) is 13.2 Å². The molecule has 0 radical (unpaired) electrons. The molecule has 0 aromatic heterocycles. The number of benzene rings is 2. The molecule has 6 nitrogen and oxygen atoms in total. The van der Waals surface area contributed by atoms with E-state index in [0.29, 0.717) is 6.54 Å². The van der Waals surface area contributed by atoms with Crippen LogP contribution in [-0.2, 0) is 4.79 Å². The van der Waals surface area contributed by atoms with Gasteiger partial charge in [-0.15, -0.1) is 0 Å². The Bertz CT molecular complexity index is 802. The molecule has 0 bridgehead atoms. The highest BCUT2D eigenvalue weighted by Crippen LogP contribution is 2.33. The standard InChI is InChI=1S/C22H26N2O4/c1-28-19-11-9-18(10-12-19)21(25)15-24-14-2-3-20(24)17-7-4-16(5-8-17)6-13-22(26)23-27/h4-13,20-21,25,27H,2-3,14-15H2,1H3,(H,23,26). The minimum atomic E-state index is -0.557. The average molecular weight is 382 g/mol. The number of amides is 1. The van der Waals surface area contributed by atoms with Crippen molar-refractivity contribution in [3.05, 3.63) is 71.3 Å². The molecule has 0 aliphatic carbocycles. The fourth-order valence-corrected chi connectivity index (χ4v) is 3.61. The number of likely N-dealkylation sites (tertiary alicyclic amines) is 1. The van der Waals surface area contributed by atoms with Gasteiger partial charge >= 0.3 is 0 Å². The lowest BCUT2D eigenvalue weighted by Crippen LogP contribution is -2.28. The van der Waals surface area contributed by atoms with E-state index in [1.807, 2.05) is 36.4 Å². The van der Waals surface area contributed by atoms with Gasteiger partial charge in [-0.25, -0.2) is 5.48 Å². The predicted octanol–water partition coefficient (Wildman–Crippen LogP) is 3.08. The third kappa shape index (κ3) is 4.98. The van der Waals surface area contributed by atoms with Crippen molar-refractivity contribution in [1.29, 1.82) is 0 Å². The molecule has 1 heterocycles. The van der Waals surface area contributed by atoms with E-state index in [1.54, 1.807) is 18.7 Å². The Balaban J connectivity index is 1.65. The summed E-state index contributed by atoms with van der Waals surface area (Å²) in [6, 6.07) is 15.8. The van der Waals surface area contributed by atoms with Crippen molar-refractivity contribution < 1.29 is 19.8 Å². The first-order valence-electron chi connectivity index (χ1n) is 9.39. The first-order valence-corrected chi connectivity index (χ1v) is 9.39. The molecule has 2 aromatic rings. The van der Waals surface area contributed by atoms with Crippen molar-refractivity contribution in [3.63, 3.8) is 0 Å². The van der Waals surface area contributed by atoms with Gasteiger partial charge in [-0.1, -0.05) is 36.4 Å². The summed E-state index contributed by atoms with van der Waals surface area (Å²) in [7, 11) is 1.63. The lowest BCUT2D eigenvalue weighted by Gasteiger charge is -2.27. The molecule has 28 heavy (non-hydrogen) atoms. The first-order chi connectivity index (χ1) is 13.6. The van der Waals surface area contributed by atoms with Gasteiger partial charge in [-0.2, -0.15) is 0 Å². The topological polar surface area (TPSA) is 82.0 Å². The number of hydroxylamine groups is 1. The average Bonchev–Trinajstić information content (AvgIpc) is 3.20. The summed E-state index contributed by atoms with van der Waals surface area (Å²) in [5.74, 6) is 0.221. The number of hydrogen-bond donors (Lipinski definition) is 3. The Morgan fingerprint density at radius 3 is 2.61 bits per heavy atom. The van der Waals surface area contributed by atoms with Crippen molar-refractivity contribution in [3.8, 4) is 5.75 Å². The Labute approximate surface area is 165 Å². The van der Waals surface area contributed by atoms with Crippen LogP contribution in [0.15, 0.2) is 54.6 Å². The van der Waals surface area contributed by atoms with Gasteiger partial charge in [0.1, 0.15) is 5.75 Å². The Morgan fingerprint density at radius 2 is 1.96 bits per heavy atom. The summed E-state index contributed by atoms with van der Waals surface area (Å²) in [5.41, 5.74) is 4.54. The molecule has 2 atom stereocenters. The summed E-state index contributed by atoms with van der Waals surface area (Å²) >= 11 is 0. The maximum Gasteiger partial charge on any atom is 0.267 e. The maximum atomic E-state index is 11.1. The number of rotatable bonds is 7. The normalized spacial score (nSPS) is 18.3. The second kappa shape index (κ2) is 9.50. The second-order valence-electron chi connectivity index (χ2n) is 6.92. The van der Waals surface area contributed by atoms with Crippen molar-refractivity contribution >= 4 is 12.0 Å². The van der Waals surface area contributed by atoms with Crippen molar-refractivity contribution in [1.82, 2.24) is 10.4 Å². The summed E-state index contributed by atoms with van der Waals surface area (Å²) in [5, 5.41) is 19.2. The highest BCUT2D eigenvalue weighted by molar-refractivity contribution is 5.90. The lowest BCUT2D eigenvalue weighted by molar-refractivity contribution is -0.124. The zero-order valence-electron chi connectivity index (χ0n) is 15.9. The molecule has 6 heteroatoms. The van der Waals surface area contributed by atoms with Gasteiger partial charge < -0.3 is 9.84 Å². The quantitative estimate of drug-likeness (QED) is 0.389. The van der Waals surface area contributed by atoms with Gasteiger partial charge in [-0.3, -0.25) is 14.9 Å². The van der Waals surface area contributed by atoms with Gasteiger partial charge in [0.15, 0.2) is 0 Å². The summed E-state index contributed by atoms with van der Waals surface area (Å²) in [4.78, 5) is 13.4. The molecule has 1 aliphatic heterocycles.